The van der Waals surface area contributed by atoms with Gasteiger partial charge in [0.2, 0.25) is 0 Å². The van der Waals surface area contributed by atoms with Crippen molar-refractivity contribution in [2.75, 3.05) is 38.4 Å². The first-order chi connectivity index (χ1) is 11.5. The number of alkyl halides is 3. The first-order valence-electron chi connectivity index (χ1n) is 8.85. The van der Waals surface area contributed by atoms with Crippen molar-refractivity contribution >= 4 is 17.4 Å². The van der Waals surface area contributed by atoms with Crippen molar-refractivity contribution in [1.29, 1.82) is 0 Å². The van der Waals surface area contributed by atoms with Gasteiger partial charge in [-0.25, -0.2) is 8.42 Å². The number of methoxy groups -OCH3 is 1. The van der Waals surface area contributed by atoms with Crippen molar-refractivity contribution < 1.29 is 30.9 Å². The molecule has 0 bridgehead atoms. The first kappa shape index (κ1) is 27.3. The number of halogens is 3. The predicted octanol–water partition coefficient (Wildman–Crippen LogP) is 5.10. The largest absolute Gasteiger partial charge is 0.741 e. The smallest absolute Gasteiger partial charge is 0.485 e. The molecule has 0 radical (unpaired) electrons. The van der Waals surface area contributed by atoms with Crippen molar-refractivity contribution in [2.45, 2.75) is 64.8 Å². The average Bonchev–Trinajstić information content (AvgIpc) is 2.52. The third-order valence-corrected chi connectivity index (χ3v) is 9.50. The van der Waals surface area contributed by atoms with Gasteiger partial charge in [-0.1, -0.05) is 40.0 Å². The minimum atomic E-state index is -6.09. The lowest BCUT2D eigenvalue weighted by Gasteiger charge is -2.27. The molecule has 0 amide bonds. The zero-order valence-electron chi connectivity index (χ0n) is 15.9. The number of hydrogen-bond acceptors (Lipinski definition) is 4. The van der Waals surface area contributed by atoms with Crippen LogP contribution in [0.1, 0.15) is 59.3 Å². The van der Waals surface area contributed by atoms with Gasteiger partial charge in [-0.05, 0) is 19.3 Å². The molecule has 25 heavy (non-hydrogen) atoms. The zero-order valence-corrected chi connectivity index (χ0v) is 17.6. The standard InChI is InChI=1S/C15H34OP.CHF3O3S/c1-5-8-12-17(13-9-6-2,14-10-7-3)15-11-16-4;2-1(3,4)8(5,6)7/h5-15H2,1-4H3;(H,5,6,7)/q+1;/p-1. The van der Waals surface area contributed by atoms with Crippen LogP contribution >= 0.6 is 7.26 Å². The van der Waals surface area contributed by atoms with Gasteiger partial charge in [0.25, 0.3) is 0 Å². The van der Waals surface area contributed by atoms with Crippen LogP contribution in [0.4, 0.5) is 13.2 Å². The highest BCUT2D eigenvalue weighted by Gasteiger charge is 2.37. The van der Waals surface area contributed by atoms with Crippen molar-refractivity contribution in [3.8, 4) is 0 Å². The molecule has 0 fully saturated rings. The highest BCUT2D eigenvalue weighted by Crippen LogP contribution is 2.60. The summed E-state index contributed by atoms with van der Waals surface area (Å²) >= 11 is 0. The second kappa shape index (κ2) is 14.2. The molecule has 0 aliphatic rings. The summed E-state index contributed by atoms with van der Waals surface area (Å²) in [5.74, 6) is 0. The van der Waals surface area contributed by atoms with Crippen molar-refractivity contribution in [3.63, 3.8) is 0 Å². The van der Waals surface area contributed by atoms with Gasteiger partial charge >= 0.3 is 5.51 Å². The summed E-state index contributed by atoms with van der Waals surface area (Å²) in [6.45, 7) is 7.96. The molecule has 0 atom stereocenters. The maximum Gasteiger partial charge on any atom is 0.485 e. The molecule has 0 spiro atoms. The molecule has 0 rings (SSSR count). The van der Waals surface area contributed by atoms with E-state index in [4.69, 9.17) is 17.7 Å². The normalized spacial score (nSPS) is 12.6. The quantitative estimate of drug-likeness (QED) is 0.255. The van der Waals surface area contributed by atoms with Crippen LogP contribution in [0.3, 0.4) is 0 Å². The van der Waals surface area contributed by atoms with Gasteiger partial charge in [-0.2, -0.15) is 13.2 Å². The Morgan fingerprint density at radius 2 is 1.20 bits per heavy atom. The lowest BCUT2D eigenvalue weighted by atomic mass is 10.4. The molecule has 0 saturated carbocycles. The number of ether oxygens (including phenoxy) is 1. The van der Waals surface area contributed by atoms with Gasteiger partial charge in [0.15, 0.2) is 10.1 Å². The summed E-state index contributed by atoms with van der Waals surface area (Å²) in [6, 6.07) is 0. The van der Waals surface area contributed by atoms with E-state index in [0.29, 0.717) is 0 Å². The molecule has 0 aromatic rings. The summed E-state index contributed by atoms with van der Waals surface area (Å²) in [4.78, 5) is 0. The Morgan fingerprint density at radius 3 is 1.40 bits per heavy atom. The topological polar surface area (TPSA) is 66.4 Å². The summed E-state index contributed by atoms with van der Waals surface area (Å²) in [7, 11) is -4.92. The Labute approximate surface area is 152 Å². The fourth-order valence-corrected chi connectivity index (χ4v) is 7.31. The lowest BCUT2D eigenvalue weighted by Crippen LogP contribution is -2.21. The van der Waals surface area contributed by atoms with Crippen LogP contribution in [0.5, 0.6) is 0 Å². The Bertz CT molecular complexity index is 377. The zero-order chi connectivity index (χ0) is 20.0. The fraction of sp³-hybridized carbons (Fsp3) is 1.00. The Kier molecular flexibility index (Phi) is 15.5. The average molecular weight is 410 g/mol. The van der Waals surface area contributed by atoms with Gasteiger partial charge in [-0.15, -0.1) is 0 Å². The van der Waals surface area contributed by atoms with Crippen LogP contribution in [-0.4, -0.2) is 56.8 Å². The van der Waals surface area contributed by atoms with Gasteiger partial charge in [0.1, 0.15) is 0 Å². The van der Waals surface area contributed by atoms with Crippen LogP contribution in [-0.2, 0) is 14.9 Å². The van der Waals surface area contributed by atoms with Crippen LogP contribution in [0.2, 0.25) is 0 Å². The SMILES string of the molecule is CCCC[P+](CCCC)(CCCC)CCOC.O=S(=O)([O-])C(F)(F)F. The van der Waals surface area contributed by atoms with E-state index >= 15 is 0 Å². The van der Waals surface area contributed by atoms with E-state index in [9.17, 15) is 13.2 Å². The third-order valence-electron chi connectivity index (χ3n) is 4.01. The Morgan fingerprint density at radius 1 is 0.880 bits per heavy atom. The highest BCUT2D eigenvalue weighted by molar-refractivity contribution is 7.86. The number of rotatable bonds is 12. The van der Waals surface area contributed by atoms with Crippen LogP contribution in [0, 0.1) is 0 Å². The van der Waals surface area contributed by atoms with Gasteiger partial charge < -0.3 is 9.29 Å². The van der Waals surface area contributed by atoms with Crippen LogP contribution in [0.15, 0.2) is 0 Å². The van der Waals surface area contributed by atoms with Crippen LogP contribution < -0.4 is 0 Å². The van der Waals surface area contributed by atoms with Crippen molar-refractivity contribution in [3.05, 3.63) is 0 Å². The molecule has 0 aliphatic heterocycles. The molecule has 9 heteroatoms. The molecule has 0 aliphatic carbocycles. The number of unbranched alkanes of at least 4 members (excludes halogenated alkanes) is 3. The summed E-state index contributed by atoms with van der Waals surface area (Å²) in [5.41, 5.74) is -5.65. The monoisotopic (exact) mass is 410 g/mol. The fourth-order valence-electron chi connectivity index (χ4n) is 2.44. The summed E-state index contributed by atoms with van der Waals surface area (Å²) in [6.07, 6.45) is 14.3. The second-order valence-corrected chi connectivity index (χ2v) is 12.0. The van der Waals surface area contributed by atoms with Gasteiger partial charge in [0.05, 0.1) is 31.3 Å². The molecule has 0 N–H and O–H groups in total. The van der Waals surface area contributed by atoms with Crippen molar-refractivity contribution in [2.24, 2.45) is 0 Å². The molecule has 0 aromatic carbocycles. The van der Waals surface area contributed by atoms with Crippen LogP contribution in [0.25, 0.3) is 0 Å². The summed E-state index contributed by atoms with van der Waals surface area (Å²) in [5, 5.41) is 0. The second-order valence-electron chi connectivity index (χ2n) is 6.19. The maximum absolute atomic E-state index is 10.7. The van der Waals surface area contributed by atoms with E-state index in [0.717, 1.165) is 6.61 Å². The van der Waals surface area contributed by atoms with Crippen molar-refractivity contribution in [1.82, 2.24) is 0 Å². The molecule has 0 aromatic heterocycles. The Hall–Kier alpha value is 0.0900. The number of hydrogen-bond donors (Lipinski definition) is 0. The minimum Gasteiger partial charge on any atom is -0.741 e. The molecule has 0 unspecified atom stereocenters. The van der Waals surface area contributed by atoms with E-state index in [1.165, 1.54) is 63.2 Å². The van der Waals surface area contributed by atoms with E-state index in [1.54, 1.807) is 0 Å². The van der Waals surface area contributed by atoms with E-state index in [2.05, 4.69) is 20.8 Å². The highest BCUT2D eigenvalue weighted by atomic mass is 32.2. The Balaban J connectivity index is 0. The van der Waals surface area contributed by atoms with E-state index in [1.807, 2.05) is 7.11 Å². The lowest BCUT2D eigenvalue weighted by molar-refractivity contribution is -0.0517. The molecule has 154 valence electrons. The molecule has 4 nitrogen and oxygen atoms in total. The summed E-state index contributed by atoms with van der Waals surface area (Å²) < 4.78 is 64.3. The maximum atomic E-state index is 10.7. The molecule has 0 heterocycles. The molecular formula is C16H34F3O4PS. The molecule has 0 saturated heterocycles. The third kappa shape index (κ3) is 13.9. The molecular weight excluding hydrogens is 376 g/mol. The van der Waals surface area contributed by atoms with Gasteiger partial charge in [-0.3, -0.25) is 0 Å². The first-order valence-corrected chi connectivity index (χ1v) is 12.8. The van der Waals surface area contributed by atoms with E-state index < -0.39 is 22.9 Å². The van der Waals surface area contributed by atoms with E-state index in [-0.39, 0.29) is 0 Å². The minimum absolute atomic E-state index is 0.687. The predicted molar refractivity (Wildman–Crippen MR) is 98.7 cm³/mol. The van der Waals surface area contributed by atoms with Gasteiger partial charge in [0, 0.05) is 14.4 Å².